The smallest absolute Gasteiger partial charge is 0.327 e. The Morgan fingerprint density at radius 1 is 1.39 bits per heavy atom. The number of esters is 1. The van der Waals surface area contributed by atoms with E-state index in [1.807, 2.05) is 6.92 Å². The van der Waals surface area contributed by atoms with Gasteiger partial charge in [0.2, 0.25) is 0 Å². The molecule has 0 radical (unpaired) electrons. The van der Waals surface area contributed by atoms with Gasteiger partial charge in [0.1, 0.15) is 5.54 Å². The van der Waals surface area contributed by atoms with Crippen LogP contribution in [0.4, 0.5) is 0 Å². The lowest BCUT2D eigenvalue weighted by Crippen LogP contribution is -2.58. The van der Waals surface area contributed by atoms with Crippen LogP contribution in [0.1, 0.15) is 39.5 Å². The van der Waals surface area contributed by atoms with Crippen LogP contribution in [0.2, 0.25) is 0 Å². The number of methoxy groups -OCH3 is 1. The first kappa shape index (κ1) is 13.8. The van der Waals surface area contributed by atoms with Gasteiger partial charge < -0.3 is 9.64 Å². The summed E-state index contributed by atoms with van der Waals surface area (Å²) in [7, 11) is 1.48. The quantitative estimate of drug-likeness (QED) is 0.665. The van der Waals surface area contributed by atoms with E-state index >= 15 is 0 Å². The van der Waals surface area contributed by atoms with Crippen LogP contribution in [0.3, 0.4) is 0 Å². The minimum absolute atomic E-state index is 0.136. The van der Waals surface area contributed by atoms with E-state index in [2.05, 4.69) is 17.1 Å². The second-order valence-corrected chi connectivity index (χ2v) is 6.01. The summed E-state index contributed by atoms with van der Waals surface area (Å²) in [4.78, 5) is 14.4. The van der Waals surface area contributed by atoms with Gasteiger partial charge in [-0.3, -0.25) is 10.1 Å². The minimum atomic E-state index is -0.555. The van der Waals surface area contributed by atoms with Crippen molar-refractivity contribution in [1.82, 2.24) is 10.2 Å². The highest BCUT2D eigenvalue weighted by Gasteiger charge is 2.41. The third-order valence-corrected chi connectivity index (χ3v) is 3.94. The van der Waals surface area contributed by atoms with Gasteiger partial charge in [-0.2, -0.15) is 0 Å². The van der Waals surface area contributed by atoms with Gasteiger partial charge in [-0.25, -0.2) is 0 Å². The summed E-state index contributed by atoms with van der Waals surface area (Å²) >= 11 is 0. The largest absolute Gasteiger partial charge is 0.468 e. The predicted octanol–water partition coefficient (Wildman–Crippen LogP) is 1.40. The molecule has 2 fully saturated rings. The zero-order valence-electron chi connectivity index (χ0n) is 11.9. The maximum absolute atomic E-state index is 12.0. The van der Waals surface area contributed by atoms with E-state index in [4.69, 9.17) is 4.74 Å². The van der Waals surface area contributed by atoms with Crippen molar-refractivity contribution in [3.05, 3.63) is 0 Å². The Hall–Kier alpha value is -0.610. The molecule has 2 rings (SSSR count). The van der Waals surface area contributed by atoms with Gasteiger partial charge in [-0.05, 0) is 45.1 Å². The van der Waals surface area contributed by atoms with Crippen LogP contribution in [0, 0.1) is 5.92 Å². The summed E-state index contributed by atoms with van der Waals surface area (Å²) < 4.78 is 4.98. The highest BCUT2D eigenvalue weighted by atomic mass is 16.5. The van der Waals surface area contributed by atoms with E-state index in [9.17, 15) is 4.79 Å². The summed E-state index contributed by atoms with van der Waals surface area (Å²) in [5, 5.41) is 3.46. The van der Waals surface area contributed by atoms with Gasteiger partial charge >= 0.3 is 5.97 Å². The molecule has 1 atom stereocenters. The number of nitrogens with zero attached hydrogens (tertiary/aromatic N) is 1. The van der Waals surface area contributed by atoms with E-state index in [-0.39, 0.29) is 5.97 Å². The van der Waals surface area contributed by atoms with Gasteiger partial charge in [0, 0.05) is 19.1 Å². The predicted molar refractivity (Wildman–Crippen MR) is 71.4 cm³/mol. The van der Waals surface area contributed by atoms with Crippen molar-refractivity contribution in [2.24, 2.45) is 5.92 Å². The molecular weight excluding hydrogens is 228 g/mol. The SMILES string of the molecule is CCN(CC1CC1)CC(C)(NC1CC1)C(=O)OC. The first-order valence-corrected chi connectivity index (χ1v) is 7.16. The second kappa shape index (κ2) is 5.57. The number of carbonyl (C=O) groups is 1. The molecule has 0 aromatic carbocycles. The van der Waals surface area contributed by atoms with Gasteiger partial charge in [0.25, 0.3) is 0 Å². The maximum atomic E-state index is 12.0. The van der Waals surface area contributed by atoms with Crippen LogP contribution in [0.5, 0.6) is 0 Å². The Morgan fingerprint density at radius 3 is 2.50 bits per heavy atom. The Labute approximate surface area is 110 Å². The molecule has 0 aromatic rings. The molecular formula is C14H26N2O2. The molecule has 4 heteroatoms. The average Bonchev–Trinajstić information content (AvgIpc) is 3.23. The maximum Gasteiger partial charge on any atom is 0.327 e. The molecule has 0 amide bonds. The number of rotatable bonds is 8. The van der Waals surface area contributed by atoms with Crippen LogP contribution < -0.4 is 5.32 Å². The number of nitrogens with one attached hydrogen (secondary N) is 1. The van der Waals surface area contributed by atoms with Gasteiger partial charge in [0.15, 0.2) is 0 Å². The fraction of sp³-hybridized carbons (Fsp3) is 0.929. The normalized spacial score (nSPS) is 22.9. The number of hydrogen-bond donors (Lipinski definition) is 1. The number of hydrogen-bond acceptors (Lipinski definition) is 4. The van der Waals surface area contributed by atoms with Crippen molar-refractivity contribution in [2.75, 3.05) is 26.7 Å². The second-order valence-electron chi connectivity index (χ2n) is 6.01. The topological polar surface area (TPSA) is 41.6 Å². The summed E-state index contributed by atoms with van der Waals surface area (Å²) in [5.41, 5.74) is -0.555. The average molecular weight is 254 g/mol. The molecule has 104 valence electrons. The molecule has 1 N–H and O–H groups in total. The highest BCUT2D eigenvalue weighted by Crippen LogP contribution is 2.30. The zero-order valence-corrected chi connectivity index (χ0v) is 11.9. The van der Waals surface area contributed by atoms with Crippen molar-refractivity contribution < 1.29 is 9.53 Å². The first-order valence-electron chi connectivity index (χ1n) is 7.16. The van der Waals surface area contributed by atoms with Crippen molar-refractivity contribution in [1.29, 1.82) is 0 Å². The van der Waals surface area contributed by atoms with Crippen molar-refractivity contribution >= 4 is 5.97 Å². The molecule has 18 heavy (non-hydrogen) atoms. The standard InChI is InChI=1S/C14H26N2O2/c1-4-16(9-11-5-6-11)10-14(2,13(17)18-3)15-12-7-8-12/h11-12,15H,4-10H2,1-3H3. The van der Waals surface area contributed by atoms with E-state index in [0.717, 1.165) is 25.6 Å². The lowest BCUT2D eigenvalue weighted by molar-refractivity contribution is -0.149. The van der Waals surface area contributed by atoms with Crippen molar-refractivity contribution in [3.63, 3.8) is 0 Å². The van der Waals surface area contributed by atoms with Gasteiger partial charge in [-0.15, -0.1) is 0 Å². The molecule has 4 nitrogen and oxygen atoms in total. The van der Waals surface area contributed by atoms with E-state index in [1.54, 1.807) is 0 Å². The summed E-state index contributed by atoms with van der Waals surface area (Å²) in [6.45, 7) is 7.01. The monoisotopic (exact) mass is 254 g/mol. The molecule has 0 heterocycles. The van der Waals surface area contributed by atoms with Crippen LogP contribution in [0.25, 0.3) is 0 Å². The Balaban J connectivity index is 1.94. The van der Waals surface area contributed by atoms with Gasteiger partial charge in [-0.1, -0.05) is 6.92 Å². The Kier molecular flexibility index (Phi) is 4.28. The summed E-state index contributed by atoms with van der Waals surface area (Å²) in [6, 6.07) is 0.508. The molecule has 0 aromatic heterocycles. The lowest BCUT2D eigenvalue weighted by atomic mass is 10.0. The zero-order chi connectivity index (χ0) is 13.2. The molecule has 2 aliphatic carbocycles. The summed E-state index contributed by atoms with van der Waals surface area (Å²) in [6.07, 6.45) is 5.06. The van der Waals surface area contributed by atoms with Crippen molar-refractivity contribution in [3.8, 4) is 0 Å². The minimum Gasteiger partial charge on any atom is -0.468 e. The molecule has 0 saturated heterocycles. The van der Waals surface area contributed by atoms with Crippen molar-refractivity contribution in [2.45, 2.75) is 51.1 Å². The molecule has 2 aliphatic rings. The third-order valence-electron chi connectivity index (χ3n) is 3.94. The number of likely N-dealkylation sites (N-methyl/N-ethyl adjacent to an activating group) is 1. The fourth-order valence-corrected chi connectivity index (χ4v) is 2.49. The molecule has 2 saturated carbocycles. The Bertz CT molecular complexity index is 300. The molecule has 1 unspecified atom stereocenters. The molecule has 0 aliphatic heterocycles. The fourth-order valence-electron chi connectivity index (χ4n) is 2.49. The van der Waals surface area contributed by atoms with Gasteiger partial charge in [0.05, 0.1) is 7.11 Å². The van der Waals surface area contributed by atoms with Crippen LogP contribution in [-0.2, 0) is 9.53 Å². The van der Waals surface area contributed by atoms with Crippen LogP contribution >= 0.6 is 0 Å². The molecule has 0 spiro atoms. The highest BCUT2D eigenvalue weighted by molar-refractivity contribution is 5.80. The molecule has 0 bridgehead atoms. The van der Waals surface area contributed by atoms with Crippen LogP contribution in [0.15, 0.2) is 0 Å². The number of carbonyl (C=O) groups excluding carboxylic acids is 1. The first-order chi connectivity index (χ1) is 8.57. The van der Waals surface area contributed by atoms with E-state index < -0.39 is 5.54 Å². The number of ether oxygens (including phenoxy) is 1. The van der Waals surface area contributed by atoms with Crippen LogP contribution in [-0.4, -0.2) is 49.2 Å². The van der Waals surface area contributed by atoms with E-state index in [1.165, 1.54) is 32.8 Å². The van der Waals surface area contributed by atoms with E-state index in [0.29, 0.717) is 6.04 Å². The summed E-state index contributed by atoms with van der Waals surface area (Å²) in [5.74, 6) is 0.719. The Morgan fingerprint density at radius 2 is 2.06 bits per heavy atom. The third kappa shape index (κ3) is 3.69. The lowest BCUT2D eigenvalue weighted by Gasteiger charge is -2.34.